The topological polar surface area (TPSA) is 44.1 Å². The first-order valence-electron chi connectivity index (χ1n) is 6.58. The highest BCUT2D eigenvalue weighted by Crippen LogP contribution is 2.30. The summed E-state index contributed by atoms with van der Waals surface area (Å²) in [5.41, 5.74) is 2.27. The van der Waals surface area contributed by atoms with Crippen LogP contribution in [0.3, 0.4) is 0 Å². The lowest BCUT2D eigenvalue weighted by atomic mass is 10.0. The molecule has 0 spiro atoms. The Hall–Kier alpha value is -2.10. The molecule has 0 N–H and O–H groups in total. The Morgan fingerprint density at radius 2 is 1.80 bits per heavy atom. The summed E-state index contributed by atoms with van der Waals surface area (Å²) in [6.45, 7) is 7.77. The summed E-state index contributed by atoms with van der Waals surface area (Å²) in [7, 11) is 1.63. The van der Waals surface area contributed by atoms with E-state index in [9.17, 15) is 4.79 Å². The lowest BCUT2D eigenvalue weighted by Gasteiger charge is -2.23. The van der Waals surface area contributed by atoms with E-state index in [1.165, 1.54) is 0 Å². The summed E-state index contributed by atoms with van der Waals surface area (Å²) < 4.78 is 7.07. The molecule has 2 aromatic rings. The molecule has 0 aliphatic rings. The summed E-state index contributed by atoms with van der Waals surface area (Å²) >= 11 is 0. The molecule has 106 valence electrons. The number of carbonyl (C=O) groups is 1. The highest BCUT2D eigenvalue weighted by Gasteiger charge is 2.23. The molecule has 0 amide bonds. The van der Waals surface area contributed by atoms with Crippen molar-refractivity contribution < 1.29 is 9.53 Å². The highest BCUT2D eigenvalue weighted by atomic mass is 16.5. The molecule has 2 rings (SSSR count). The van der Waals surface area contributed by atoms with Crippen LogP contribution < -0.4 is 4.74 Å². The maximum atomic E-state index is 11.8. The minimum Gasteiger partial charge on any atom is -0.497 e. The van der Waals surface area contributed by atoms with Gasteiger partial charge in [-0.2, -0.15) is 5.10 Å². The molecule has 4 nitrogen and oxygen atoms in total. The first kappa shape index (κ1) is 14.3. The van der Waals surface area contributed by atoms with Crippen molar-refractivity contribution >= 4 is 5.78 Å². The fraction of sp³-hybridized carbons (Fsp3) is 0.375. The molecule has 20 heavy (non-hydrogen) atoms. The van der Waals surface area contributed by atoms with Gasteiger partial charge in [0, 0.05) is 5.56 Å². The number of methoxy groups -OCH3 is 1. The van der Waals surface area contributed by atoms with Gasteiger partial charge in [-0.25, -0.2) is 0 Å². The number of hydrogen-bond donors (Lipinski definition) is 0. The molecule has 0 fully saturated rings. The van der Waals surface area contributed by atoms with Crippen molar-refractivity contribution in [2.45, 2.75) is 33.2 Å². The fourth-order valence-corrected chi connectivity index (χ4v) is 2.14. The summed E-state index contributed by atoms with van der Waals surface area (Å²) in [6, 6.07) is 7.67. The van der Waals surface area contributed by atoms with E-state index in [1.54, 1.807) is 20.2 Å². The monoisotopic (exact) mass is 272 g/mol. The van der Waals surface area contributed by atoms with Gasteiger partial charge in [0.2, 0.25) is 0 Å². The standard InChI is InChI=1S/C16H20N2O2/c1-11(19)14-10-17-18(16(2,3)4)15(14)12-6-8-13(20-5)9-7-12/h6-10H,1-5H3. The SMILES string of the molecule is COc1ccc(-c2c(C(C)=O)cnn2C(C)(C)C)cc1. The number of aromatic nitrogens is 2. The van der Waals surface area contributed by atoms with Gasteiger partial charge in [0.25, 0.3) is 0 Å². The number of carbonyl (C=O) groups excluding carboxylic acids is 1. The van der Waals surface area contributed by atoms with Gasteiger partial charge in [-0.1, -0.05) is 0 Å². The van der Waals surface area contributed by atoms with Crippen LogP contribution in [0.25, 0.3) is 11.3 Å². The summed E-state index contributed by atoms with van der Waals surface area (Å²) in [5.74, 6) is 0.811. The zero-order valence-electron chi connectivity index (χ0n) is 12.6. The third kappa shape index (κ3) is 2.59. The second kappa shape index (κ2) is 5.12. The Morgan fingerprint density at radius 3 is 2.25 bits per heavy atom. The van der Waals surface area contributed by atoms with Gasteiger partial charge in [-0.3, -0.25) is 9.48 Å². The molecular formula is C16H20N2O2. The average molecular weight is 272 g/mol. The van der Waals surface area contributed by atoms with E-state index in [-0.39, 0.29) is 11.3 Å². The van der Waals surface area contributed by atoms with Crippen LogP contribution in [-0.4, -0.2) is 22.7 Å². The number of Topliss-reactive ketones (excluding diaryl/α,β-unsaturated/α-hetero) is 1. The first-order valence-corrected chi connectivity index (χ1v) is 6.58. The Morgan fingerprint density at radius 1 is 1.20 bits per heavy atom. The number of ether oxygens (including phenoxy) is 1. The van der Waals surface area contributed by atoms with E-state index in [0.717, 1.165) is 17.0 Å². The molecule has 0 unspecified atom stereocenters. The smallest absolute Gasteiger partial charge is 0.163 e. The molecule has 1 heterocycles. The number of ketones is 1. The third-order valence-corrected chi connectivity index (χ3v) is 3.15. The van der Waals surface area contributed by atoms with E-state index in [1.807, 2.05) is 28.9 Å². The van der Waals surface area contributed by atoms with Crippen LogP contribution in [0.4, 0.5) is 0 Å². The van der Waals surface area contributed by atoms with E-state index >= 15 is 0 Å². The van der Waals surface area contributed by atoms with Crippen molar-refractivity contribution in [3.8, 4) is 17.0 Å². The number of nitrogens with zero attached hydrogens (tertiary/aromatic N) is 2. The number of rotatable bonds is 3. The van der Waals surface area contributed by atoms with Gasteiger partial charge in [-0.05, 0) is 52.0 Å². The second-order valence-electron chi connectivity index (χ2n) is 5.77. The summed E-state index contributed by atoms with van der Waals surface area (Å²) in [4.78, 5) is 11.8. The van der Waals surface area contributed by atoms with E-state index in [4.69, 9.17) is 4.74 Å². The lowest BCUT2D eigenvalue weighted by Crippen LogP contribution is -2.24. The van der Waals surface area contributed by atoms with E-state index in [2.05, 4.69) is 25.9 Å². The van der Waals surface area contributed by atoms with Crippen molar-refractivity contribution in [1.82, 2.24) is 9.78 Å². The second-order valence-corrected chi connectivity index (χ2v) is 5.77. The molecule has 0 atom stereocenters. The third-order valence-electron chi connectivity index (χ3n) is 3.15. The normalized spacial score (nSPS) is 11.4. The van der Waals surface area contributed by atoms with Gasteiger partial charge in [0.15, 0.2) is 5.78 Å². The molecular weight excluding hydrogens is 252 g/mol. The molecule has 1 aromatic carbocycles. The van der Waals surface area contributed by atoms with Gasteiger partial charge in [-0.15, -0.1) is 0 Å². The van der Waals surface area contributed by atoms with Crippen LogP contribution in [-0.2, 0) is 5.54 Å². The van der Waals surface area contributed by atoms with Crippen LogP contribution in [0.5, 0.6) is 5.75 Å². The minimum absolute atomic E-state index is 0.0197. The molecule has 0 saturated carbocycles. The maximum absolute atomic E-state index is 11.8. The highest BCUT2D eigenvalue weighted by molar-refractivity contribution is 5.99. The van der Waals surface area contributed by atoms with Crippen LogP contribution >= 0.6 is 0 Å². The Labute approximate surface area is 119 Å². The minimum atomic E-state index is -0.192. The number of hydrogen-bond acceptors (Lipinski definition) is 3. The summed E-state index contributed by atoms with van der Waals surface area (Å²) in [5, 5.41) is 4.39. The maximum Gasteiger partial charge on any atom is 0.163 e. The zero-order chi connectivity index (χ0) is 14.9. The number of benzene rings is 1. The Kier molecular flexibility index (Phi) is 3.66. The lowest BCUT2D eigenvalue weighted by molar-refractivity contribution is 0.101. The van der Waals surface area contributed by atoms with Gasteiger partial charge < -0.3 is 4.74 Å². The van der Waals surface area contributed by atoms with Crippen molar-refractivity contribution in [3.63, 3.8) is 0 Å². The van der Waals surface area contributed by atoms with Crippen LogP contribution in [0.15, 0.2) is 30.5 Å². The Balaban J connectivity index is 2.63. The van der Waals surface area contributed by atoms with Crippen molar-refractivity contribution in [2.24, 2.45) is 0 Å². The van der Waals surface area contributed by atoms with Crippen molar-refractivity contribution in [1.29, 1.82) is 0 Å². The largest absolute Gasteiger partial charge is 0.497 e. The quantitative estimate of drug-likeness (QED) is 0.803. The molecule has 0 radical (unpaired) electrons. The van der Waals surface area contributed by atoms with Gasteiger partial charge in [0.05, 0.1) is 30.1 Å². The van der Waals surface area contributed by atoms with E-state index < -0.39 is 0 Å². The van der Waals surface area contributed by atoms with Gasteiger partial charge >= 0.3 is 0 Å². The first-order chi connectivity index (χ1) is 9.34. The molecule has 0 aliphatic heterocycles. The van der Waals surface area contributed by atoms with Crippen molar-refractivity contribution in [3.05, 3.63) is 36.0 Å². The average Bonchev–Trinajstić information content (AvgIpc) is 2.83. The molecule has 0 aliphatic carbocycles. The fourth-order valence-electron chi connectivity index (χ4n) is 2.14. The summed E-state index contributed by atoms with van der Waals surface area (Å²) in [6.07, 6.45) is 1.65. The predicted octanol–water partition coefficient (Wildman–Crippen LogP) is 3.52. The van der Waals surface area contributed by atoms with Crippen LogP contribution in [0.1, 0.15) is 38.1 Å². The Bertz CT molecular complexity index is 619. The van der Waals surface area contributed by atoms with E-state index in [0.29, 0.717) is 5.56 Å². The van der Waals surface area contributed by atoms with Gasteiger partial charge in [0.1, 0.15) is 5.75 Å². The van der Waals surface area contributed by atoms with Crippen LogP contribution in [0.2, 0.25) is 0 Å². The predicted molar refractivity (Wildman–Crippen MR) is 79.2 cm³/mol. The zero-order valence-corrected chi connectivity index (χ0v) is 12.6. The van der Waals surface area contributed by atoms with Crippen molar-refractivity contribution in [2.75, 3.05) is 7.11 Å². The van der Waals surface area contributed by atoms with Crippen LogP contribution in [0, 0.1) is 0 Å². The molecule has 0 bridgehead atoms. The molecule has 1 aromatic heterocycles. The molecule has 0 saturated heterocycles. The molecule has 4 heteroatoms.